The number of nitrogens with two attached hydrogens (primary N) is 1. The van der Waals surface area contributed by atoms with E-state index in [1.807, 2.05) is 24.3 Å². The maximum Gasteiger partial charge on any atom is 0.152 e. The fourth-order valence-electron chi connectivity index (χ4n) is 1.40. The first-order valence-corrected chi connectivity index (χ1v) is 6.16. The third-order valence-electron chi connectivity index (χ3n) is 2.32. The van der Waals surface area contributed by atoms with Crippen LogP contribution in [-0.2, 0) is 6.61 Å². The minimum absolute atomic E-state index is 0.147. The fourth-order valence-corrected chi connectivity index (χ4v) is 1.76. The Morgan fingerprint density at radius 2 is 1.82 bits per heavy atom. The summed E-state index contributed by atoms with van der Waals surface area (Å²) in [6, 6.07) is 12.5. The van der Waals surface area contributed by atoms with Crippen molar-refractivity contribution in [2.45, 2.75) is 6.61 Å². The molecule has 0 fully saturated rings. The molecule has 0 spiro atoms. The molecule has 88 valence electrons. The predicted molar refractivity (Wildman–Crippen MR) is 74.3 cm³/mol. The summed E-state index contributed by atoms with van der Waals surface area (Å²) in [5.41, 5.74) is 6.09. The Hall–Kier alpha value is -1.30. The van der Waals surface area contributed by atoms with E-state index < -0.39 is 5.82 Å². The molecule has 0 saturated heterocycles. The van der Waals surface area contributed by atoms with E-state index in [9.17, 15) is 4.39 Å². The molecule has 2 aromatic carbocycles. The zero-order valence-electron chi connectivity index (χ0n) is 8.99. The van der Waals surface area contributed by atoms with Crippen LogP contribution in [0.25, 0.3) is 0 Å². The summed E-state index contributed by atoms with van der Waals surface area (Å²) in [7, 11) is 0. The van der Waals surface area contributed by atoms with Gasteiger partial charge in [0.15, 0.2) is 5.82 Å². The van der Waals surface area contributed by atoms with Crippen LogP contribution < -0.4 is 10.5 Å². The number of benzene rings is 2. The molecule has 2 N–H and O–H groups in total. The van der Waals surface area contributed by atoms with Crippen molar-refractivity contribution >= 4 is 28.3 Å². The highest BCUT2D eigenvalue weighted by molar-refractivity contribution is 14.1. The van der Waals surface area contributed by atoms with E-state index >= 15 is 0 Å². The highest BCUT2D eigenvalue weighted by atomic mass is 127. The highest BCUT2D eigenvalue weighted by Crippen LogP contribution is 2.18. The first kappa shape index (κ1) is 12.2. The topological polar surface area (TPSA) is 35.2 Å². The van der Waals surface area contributed by atoms with Gasteiger partial charge in [0.25, 0.3) is 0 Å². The molecule has 0 aliphatic heterocycles. The molecule has 2 nitrogen and oxygen atoms in total. The molecule has 0 atom stereocenters. The van der Waals surface area contributed by atoms with Crippen LogP contribution in [0.15, 0.2) is 42.5 Å². The van der Waals surface area contributed by atoms with Crippen molar-refractivity contribution < 1.29 is 9.13 Å². The van der Waals surface area contributed by atoms with E-state index in [1.54, 1.807) is 12.1 Å². The molecule has 0 aliphatic rings. The van der Waals surface area contributed by atoms with Gasteiger partial charge in [-0.15, -0.1) is 0 Å². The van der Waals surface area contributed by atoms with Crippen LogP contribution in [0.5, 0.6) is 5.75 Å². The number of nitrogen functional groups attached to an aromatic ring is 1. The van der Waals surface area contributed by atoms with Crippen LogP contribution in [0, 0.1) is 9.39 Å². The van der Waals surface area contributed by atoms with Gasteiger partial charge in [-0.25, -0.2) is 4.39 Å². The van der Waals surface area contributed by atoms with Crippen LogP contribution >= 0.6 is 22.6 Å². The fraction of sp³-hybridized carbons (Fsp3) is 0.0769. The average molecular weight is 343 g/mol. The van der Waals surface area contributed by atoms with Crippen LogP contribution in [-0.4, -0.2) is 0 Å². The lowest BCUT2D eigenvalue weighted by atomic mass is 10.2. The standard InChI is InChI=1S/C13H11FINO/c14-13-9(2-1-3-12(13)16)8-17-11-6-4-10(15)5-7-11/h1-7H,8,16H2. The molecular formula is C13H11FINO. The van der Waals surface area contributed by atoms with Crippen LogP contribution in [0.3, 0.4) is 0 Å². The lowest BCUT2D eigenvalue weighted by molar-refractivity contribution is 0.300. The Bertz CT molecular complexity index is 513. The number of hydrogen-bond acceptors (Lipinski definition) is 2. The van der Waals surface area contributed by atoms with Gasteiger partial charge in [0.05, 0.1) is 5.69 Å². The first-order chi connectivity index (χ1) is 8.16. The van der Waals surface area contributed by atoms with Crippen molar-refractivity contribution in [3.8, 4) is 5.75 Å². The number of hydrogen-bond donors (Lipinski definition) is 1. The summed E-state index contributed by atoms with van der Waals surface area (Å²) >= 11 is 2.21. The molecule has 0 heterocycles. The van der Waals surface area contributed by atoms with Crippen molar-refractivity contribution in [2.75, 3.05) is 5.73 Å². The average Bonchev–Trinajstić information content (AvgIpc) is 2.33. The lowest BCUT2D eigenvalue weighted by Crippen LogP contribution is -2.01. The molecule has 2 aromatic rings. The van der Waals surface area contributed by atoms with Gasteiger partial charge in [0.2, 0.25) is 0 Å². The second kappa shape index (κ2) is 5.35. The Morgan fingerprint density at radius 3 is 2.53 bits per heavy atom. The lowest BCUT2D eigenvalue weighted by Gasteiger charge is -2.08. The quantitative estimate of drug-likeness (QED) is 0.683. The largest absolute Gasteiger partial charge is 0.489 e. The van der Waals surface area contributed by atoms with E-state index in [0.717, 1.165) is 3.57 Å². The summed E-state index contributed by atoms with van der Waals surface area (Å²) in [6.07, 6.45) is 0. The molecule has 0 amide bonds. The number of ether oxygens (including phenoxy) is 1. The van der Waals surface area contributed by atoms with E-state index in [4.69, 9.17) is 10.5 Å². The Labute approximate surface area is 113 Å². The molecule has 0 radical (unpaired) electrons. The van der Waals surface area contributed by atoms with Crippen molar-refractivity contribution in [1.29, 1.82) is 0 Å². The normalized spacial score (nSPS) is 10.2. The number of rotatable bonds is 3. The molecule has 0 aromatic heterocycles. The highest BCUT2D eigenvalue weighted by Gasteiger charge is 2.05. The van der Waals surface area contributed by atoms with E-state index in [1.165, 1.54) is 6.07 Å². The second-order valence-corrected chi connectivity index (χ2v) is 4.81. The van der Waals surface area contributed by atoms with Gasteiger partial charge >= 0.3 is 0 Å². The van der Waals surface area contributed by atoms with Crippen molar-refractivity contribution in [1.82, 2.24) is 0 Å². The first-order valence-electron chi connectivity index (χ1n) is 5.08. The minimum Gasteiger partial charge on any atom is -0.489 e. The molecule has 0 unspecified atom stereocenters. The van der Waals surface area contributed by atoms with Crippen molar-refractivity contribution in [2.24, 2.45) is 0 Å². The molecule has 0 saturated carbocycles. The van der Waals surface area contributed by atoms with Crippen LogP contribution in [0.2, 0.25) is 0 Å². The van der Waals surface area contributed by atoms with E-state index in [2.05, 4.69) is 22.6 Å². The predicted octanol–water partition coefficient (Wildman–Crippen LogP) is 3.59. The molecule has 0 bridgehead atoms. The minimum atomic E-state index is -0.405. The Morgan fingerprint density at radius 1 is 1.12 bits per heavy atom. The maximum absolute atomic E-state index is 13.6. The summed E-state index contributed by atoms with van der Waals surface area (Å²) in [5, 5.41) is 0. The summed E-state index contributed by atoms with van der Waals surface area (Å²) in [4.78, 5) is 0. The summed E-state index contributed by atoms with van der Waals surface area (Å²) in [6.45, 7) is 0.178. The van der Waals surface area contributed by atoms with Gasteiger partial charge < -0.3 is 10.5 Å². The third-order valence-corrected chi connectivity index (χ3v) is 3.04. The molecule has 4 heteroatoms. The number of halogens is 2. The molecule has 2 rings (SSSR count). The van der Waals surface area contributed by atoms with E-state index in [-0.39, 0.29) is 12.3 Å². The Kier molecular flexibility index (Phi) is 3.83. The van der Waals surface area contributed by atoms with Crippen LogP contribution in [0.1, 0.15) is 5.56 Å². The zero-order chi connectivity index (χ0) is 12.3. The van der Waals surface area contributed by atoms with Gasteiger partial charge in [-0.3, -0.25) is 0 Å². The van der Waals surface area contributed by atoms with Gasteiger partial charge in [0.1, 0.15) is 12.4 Å². The zero-order valence-corrected chi connectivity index (χ0v) is 11.1. The van der Waals surface area contributed by atoms with Gasteiger partial charge in [-0.1, -0.05) is 12.1 Å². The number of anilines is 1. The summed E-state index contributed by atoms with van der Waals surface area (Å²) < 4.78 is 20.2. The monoisotopic (exact) mass is 343 g/mol. The van der Waals surface area contributed by atoms with Crippen molar-refractivity contribution in [3.05, 3.63) is 57.4 Å². The molecule has 0 aliphatic carbocycles. The van der Waals surface area contributed by atoms with Gasteiger partial charge in [-0.2, -0.15) is 0 Å². The van der Waals surface area contributed by atoms with Crippen molar-refractivity contribution in [3.63, 3.8) is 0 Å². The molecular weight excluding hydrogens is 332 g/mol. The third kappa shape index (κ3) is 3.09. The van der Waals surface area contributed by atoms with Gasteiger partial charge in [-0.05, 0) is 52.9 Å². The smallest absolute Gasteiger partial charge is 0.152 e. The van der Waals surface area contributed by atoms with E-state index in [0.29, 0.717) is 11.3 Å². The van der Waals surface area contributed by atoms with Crippen LogP contribution in [0.4, 0.5) is 10.1 Å². The van der Waals surface area contributed by atoms with Gasteiger partial charge in [0, 0.05) is 9.13 Å². The maximum atomic E-state index is 13.6. The Balaban J connectivity index is 2.07. The molecule has 17 heavy (non-hydrogen) atoms. The summed E-state index contributed by atoms with van der Waals surface area (Å²) in [5.74, 6) is 0.310. The SMILES string of the molecule is Nc1cccc(COc2ccc(I)cc2)c1F. The second-order valence-electron chi connectivity index (χ2n) is 3.56.